The third-order valence-electron chi connectivity index (χ3n) is 3.87. The van der Waals surface area contributed by atoms with Gasteiger partial charge in [-0.3, -0.25) is 9.69 Å². The van der Waals surface area contributed by atoms with Crippen LogP contribution in [0.4, 0.5) is 11.4 Å². The number of nitrogens with one attached hydrogen (secondary N) is 1. The van der Waals surface area contributed by atoms with Gasteiger partial charge in [0, 0.05) is 18.3 Å². The van der Waals surface area contributed by atoms with Gasteiger partial charge in [0.25, 0.3) is 0 Å². The molecule has 21 heavy (non-hydrogen) atoms. The molecule has 1 aromatic rings. The van der Waals surface area contributed by atoms with Crippen molar-refractivity contribution in [3.8, 4) is 0 Å². The Bertz CT molecular complexity index is 508. The second-order valence-corrected chi connectivity index (χ2v) is 6.17. The van der Waals surface area contributed by atoms with Gasteiger partial charge in [-0.05, 0) is 51.7 Å². The monoisotopic (exact) mass is 310 g/mol. The average molecular weight is 311 g/mol. The molecule has 1 atom stereocenters. The first-order valence-corrected chi connectivity index (χ1v) is 7.57. The lowest BCUT2D eigenvalue weighted by Crippen LogP contribution is -2.40. The van der Waals surface area contributed by atoms with Gasteiger partial charge in [-0.15, -0.1) is 0 Å². The molecule has 0 bridgehead atoms. The van der Waals surface area contributed by atoms with Crippen LogP contribution in [0.3, 0.4) is 0 Å². The van der Waals surface area contributed by atoms with Gasteiger partial charge in [-0.2, -0.15) is 0 Å². The second-order valence-electron chi connectivity index (χ2n) is 5.76. The highest BCUT2D eigenvalue weighted by Crippen LogP contribution is 2.24. The van der Waals surface area contributed by atoms with Crippen molar-refractivity contribution in [3.05, 3.63) is 23.2 Å². The molecule has 1 amide bonds. The third kappa shape index (κ3) is 4.59. The number of rotatable bonds is 5. The maximum atomic E-state index is 12.1. The van der Waals surface area contributed by atoms with Crippen LogP contribution in [0.25, 0.3) is 0 Å². The van der Waals surface area contributed by atoms with E-state index in [9.17, 15) is 4.79 Å². The molecule has 0 spiro atoms. The van der Waals surface area contributed by atoms with Crippen LogP contribution in [0.15, 0.2) is 18.2 Å². The Labute approximate surface area is 131 Å². The van der Waals surface area contributed by atoms with E-state index in [1.165, 1.54) is 12.8 Å². The number of hydrogen-bond donors (Lipinski definition) is 2. The number of benzene rings is 1. The molecular formula is C15H23ClN4O. The molecule has 2 rings (SSSR count). The zero-order chi connectivity index (χ0) is 15.4. The summed E-state index contributed by atoms with van der Waals surface area (Å²) in [5.41, 5.74) is 6.82. The van der Waals surface area contributed by atoms with E-state index in [0.29, 0.717) is 29.0 Å². The predicted octanol–water partition coefficient (Wildman–Crippen LogP) is 1.89. The lowest BCUT2D eigenvalue weighted by atomic mass is 10.2. The molecule has 5 nitrogen and oxygen atoms in total. The van der Waals surface area contributed by atoms with Crippen molar-refractivity contribution < 1.29 is 4.79 Å². The summed E-state index contributed by atoms with van der Waals surface area (Å²) < 4.78 is 0. The fourth-order valence-electron chi connectivity index (χ4n) is 2.70. The Balaban J connectivity index is 1.83. The molecule has 1 unspecified atom stereocenters. The molecule has 1 aliphatic rings. The maximum absolute atomic E-state index is 12.1. The van der Waals surface area contributed by atoms with Crippen molar-refractivity contribution in [1.82, 2.24) is 9.80 Å². The standard InChI is InChI=1S/C15H23ClN4O/c1-19(9-12-4-3-7-20(12)2)10-15(21)18-14-6-5-11(17)8-13(14)16/h5-6,8,12H,3-4,7,9-10,17H2,1-2H3,(H,18,21). The van der Waals surface area contributed by atoms with E-state index in [1.807, 2.05) is 11.9 Å². The highest BCUT2D eigenvalue weighted by molar-refractivity contribution is 6.34. The predicted molar refractivity (Wildman–Crippen MR) is 87.6 cm³/mol. The van der Waals surface area contributed by atoms with Crippen LogP contribution in [0.2, 0.25) is 5.02 Å². The van der Waals surface area contributed by atoms with Crippen molar-refractivity contribution >= 4 is 28.9 Å². The molecule has 1 heterocycles. The quantitative estimate of drug-likeness (QED) is 0.815. The number of likely N-dealkylation sites (N-methyl/N-ethyl adjacent to an activating group) is 2. The second kappa shape index (κ2) is 7.11. The summed E-state index contributed by atoms with van der Waals surface area (Å²) in [5, 5.41) is 3.28. The van der Waals surface area contributed by atoms with Gasteiger partial charge in [0.1, 0.15) is 0 Å². The van der Waals surface area contributed by atoms with E-state index in [2.05, 4.69) is 17.3 Å². The van der Waals surface area contributed by atoms with Crippen LogP contribution in [-0.2, 0) is 4.79 Å². The fraction of sp³-hybridized carbons (Fsp3) is 0.533. The number of likely N-dealkylation sites (tertiary alicyclic amines) is 1. The number of anilines is 2. The zero-order valence-corrected chi connectivity index (χ0v) is 13.4. The molecule has 6 heteroatoms. The molecule has 1 aromatic carbocycles. The highest BCUT2D eigenvalue weighted by Gasteiger charge is 2.22. The van der Waals surface area contributed by atoms with Crippen molar-refractivity contribution in [2.45, 2.75) is 18.9 Å². The van der Waals surface area contributed by atoms with Crippen molar-refractivity contribution in [2.24, 2.45) is 0 Å². The summed E-state index contributed by atoms with van der Waals surface area (Å²) in [6.45, 7) is 2.40. The molecule has 0 aromatic heterocycles. The number of carbonyl (C=O) groups excluding carboxylic acids is 1. The lowest BCUT2D eigenvalue weighted by molar-refractivity contribution is -0.117. The smallest absolute Gasteiger partial charge is 0.238 e. The summed E-state index contributed by atoms with van der Waals surface area (Å²) in [4.78, 5) is 16.5. The first-order valence-electron chi connectivity index (χ1n) is 7.19. The summed E-state index contributed by atoms with van der Waals surface area (Å²) in [6.07, 6.45) is 2.44. The van der Waals surface area contributed by atoms with Gasteiger partial charge in [-0.1, -0.05) is 11.6 Å². The first-order chi connectivity index (χ1) is 9.95. The van der Waals surface area contributed by atoms with Gasteiger partial charge in [0.15, 0.2) is 0 Å². The van der Waals surface area contributed by atoms with E-state index in [-0.39, 0.29) is 5.91 Å². The summed E-state index contributed by atoms with van der Waals surface area (Å²) in [6, 6.07) is 5.62. The van der Waals surface area contributed by atoms with E-state index in [1.54, 1.807) is 18.2 Å². The Morgan fingerprint density at radius 3 is 2.95 bits per heavy atom. The Morgan fingerprint density at radius 2 is 2.33 bits per heavy atom. The number of nitrogens with two attached hydrogens (primary N) is 1. The van der Waals surface area contributed by atoms with Crippen LogP contribution in [0.5, 0.6) is 0 Å². The van der Waals surface area contributed by atoms with E-state index >= 15 is 0 Å². The Kier molecular flexibility index (Phi) is 5.45. The molecule has 1 aliphatic heterocycles. The molecule has 116 valence electrons. The van der Waals surface area contributed by atoms with Crippen LogP contribution < -0.4 is 11.1 Å². The van der Waals surface area contributed by atoms with Gasteiger partial charge in [0.2, 0.25) is 5.91 Å². The molecule has 0 saturated carbocycles. The first kappa shape index (κ1) is 16.1. The van der Waals surface area contributed by atoms with Crippen LogP contribution in [0.1, 0.15) is 12.8 Å². The number of nitrogens with zero attached hydrogens (tertiary/aromatic N) is 2. The van der Waals surface area contributed by atoms with E-state index < -0.39 is 0 Å². The minimum Gasteiger partial charge on any atom is -0.399 e. The van der Waals surface area contributed by atoms with Crippen molar-refractivity contribution in [3.63, 3.8) is 0 Å². The van der Waals surface area contributed by atoms with Gasteiger partial charge in [-0.25, -0.2) is 0 Å². The number of nitrogen functional groups attached to an aromatic ring is 1. The topological polar surface area (TPSA) is 61.6 Å². The Hall–Kier alpha value is -1.30. The van der Waals surface area contributed by atoms with E-state index in [4.69, 9.17) is 17.3 Å². The minimum absolute atomic E-state index is 0.0650. The van der Waals surface area contributed by atoms with Crippen molar-refractivity contribution in [2.75, 3.05) is 44.8 Å². The highest BCUT2D eigenvalue weighted by atomic mass is 35.5. The zero-order valence-electron chi connectivity index (χ0n) is 12.6. The lowest BCUT2D eigenvalue weighted by Gasteiger charge is -2.25. The average Bonchev–Trinajstić information content (AvgIpc) is 2.78. The summed E-state index contributed by atoms with van der Waals surface area (Å²) in [7, 11) is 4.11. The SMILES string of the molecule is CN(CC(=O)Nc1ccc(N)cc1Cl)CC1CCCN1C. The van der Waals surface area contributed by atoms with Gasteiger partial charge < -0.3 is 16.0 Å². The molecule has 3 N–H and O–H groups in total. The third-order valence-corrected chi connectivity index (χ3v) is 4.19. The molecular weight excluding hydrogens is 288 g/mol. The summed E-state index contributed by atoms with van der Waals surface area (Å²) >= 11 is 6.05. The van der Waals surface area contributed by atoms with Crippen LogP contribution >= 0.6 is 11.6 Å². The number of carbonyl (C=O) groups is 1. The molecule has 0 radical (unpaired) electrons. The minimum atomic E-state index is -0.0650. The molecule has 1 fully saturated rings. The van der Waals surface area contributed by atoms with Crippen LogP contribution in [0, 0.1) is 0 Å². The van der Waals surface area contributed by atoms with Crippen molar-refractivity contribution in [1.29, 1.82) is 0 Å². The van der Waals surface area contributed by atoms with E-state index in [0.717, 1.165) is 13.1 Å². The Morgan fingerprint density at radius 1 is 1.57 bits per heavy atom. The number of hydrogen-bond acceptors (Lipinski definition) is 4. The normalized spacial score (nSPS) is 19.1. The largest absolute Gasteiger partial charge is 0.399 e. The van der Waals surface area contributed by atoms with Crippen LogP contribution in [-0.4, -0.2) is 55.5 Å². The van der Waals surface area contributed by atoms with Gasteiger partial charge in [0.05, 0.1) is 17.3 Å². The molecule has 1 saturated heterocycles. The maximum Gasteiger partial charge on any atom is 0.238 e. The van der Waals surface area contributed by atoms with Gasteiger partial charge >= 0.3 is 0 Å². The number of halogens is 1. The fourth-order valence-corrected chi connectivity index (χ4v) is 2.94. The summed E-state index contributed by atoms with van der Waals surface area (Å²) in [5.74, 6) is -0.0650. The number of amides is 1. The molecule has 0 aliphatic carbocycles.